The number of amides is 5. The number of imide groups is 1. The molecule has 4 heterocycles. The minimum absolute atomic E-state index is 0.0322. The van der Waals surface area contributed by atoms with Crippen molar-refractivity contribution in [3.63, 3.8) is 0 Å². The monoisotopic (exact) mass is 883 g/mol. The number of pyridine rings is 1. The van der Waals surface area contributed by atoms with E-state index in [0.717, 1.165) is 18.1 Å². The second-order valence-electron chi connectivity index (χ2n) is 15.9. The smallest absolute Gasteiger partial charge is 0.261 e. The van der Waals surface area contributed by atoms with E-state index >= 15 is 4.39 Å². The minimum atomic E-state index is -0.785. The summed E-state index contributed by atoms with van der Waals surface area (Å²) in [7, 11) is 3.26. The Morgan fingerprint density at radius 2 is 1.75 bits per heavy atom. The van der Waals surface area contributed by atoms with Crippen molar-refractivity contribution in [2.24, 2.45) is 7.05 Å². The molecule has 334 valence electrons. The zero-order valence-electron chi connectivity index (χ0n) is 36.2. The third-order valence-electron chi connectivity index (χ3n) is 11.8. The number of hydrogen-bond acceptors (Lipinski definition) is 11. The zero-order chi connectivity index (χ0) is 45.9. The Balaban J connectivity index is 0.851. The Bertz CT molecular complexity index is 2990. The van der Waals surface area contributed by atoms with Gasteiger partial charge in [-0.2, -0.15) is 0 Å². The third kappa shape index (κ3) is 8.94. The molecule has 2 aliphatic rings. The standard InChI is InChI=1S/C48H46FN7O9/c1-5-27-13-15-35-31(20-27)44(59)42(26(2)55(35)3)46(61)52-29-14-17-37(32(49)21-29)65-47-30-22-38(63-4)39(23-34(30)50-25-51-47)64-19-8-6-7-12-40(57)53-33-11-9-10-28-24-56(48(62)43(28)33)36-16-18-41(58)54-45(36)60/h9-11,13-15,17,20-23,25,36H,5-8,12,16,18-19,24H2,1-4H3,(H,52,61)(H,53,57)(H,54,58,60). The zero-order valence-corrected chi connectivity index (χ0v) is 36.2. The topological polar surface area (TPSA) is 200 Å². The summed E-state index contributed by atoms with van der Waals surface area (Å²) in [5, 5.41) is 8.65. The number of rotatable bonds is 15. The number of piperidine rings is 1. The quantitative estimate of drug-likeness (QED) is 0.0717. The van der Waals surface area contributed by atoms with Crippen LogP contribution in [0.2, 0.25) is 0 Å². The fraction of sp³-hybridized carbons (Fsp3) is 0.292. The summed E-state index contributed by atoms with van der Waals surface area (Å²) in [6, 6.07) is 17.3. The molecule has 6 aromatic rings. The molecule has 2 aromatic heterocycles. The van der Waals surface area contributed by atoms with E-state index in [0.29, 0.717) is 81.7 Å². The van der Waals surface area contributed by atoms with E-state index in [4.69, 9.17) is 14.2 Å². The van der Waals surface area contributed by atoms with E-state index in [1.54, 1.807) is 54.9 Å². The number of anilines is 2. The van der Waals surface area contributed by atoms with E-state index in [9.17, 15) is 28.8 Å². The van der Waals surface area contributed by atoms with Crippen LogP contribution < -0.4 is 35.6 Å². The molecule has 0 bridgehead atoms. The molecule has 65 heavy (non-hydrogen) atoms. The largest absolute Gasteiger partial charge is 0.493 e. The van der Waals surface area contributed by atoms with Gasteiger partial charge in [0.25, 0.3) is 11.8 Å². The summed E-state index contributed by atoms with van der Waals surface area (Å²) in [6.45, 7) is 4.19. The predicted octanol–water partition coefficient (Wildman–Crippen LogP) is 6.88. The molecule has 4 aromatic carbocycles. The summed E-state index contributed by atoms with van der Waals surface area (Å²) in [5.74, 6) is -2.28. The van der Waals surface area contributed by atoms with Gasteiger partial charge in [-0.1, -0.05) is 25.1 Å². The first-order valence-electron chi connectivity index (χ1n) is 21.3. The Morgan fingerprint density at radius 1 is 0.923 bits per heavy atom. The molecule has 0 radical (unpaired) electrons. The summed E-state index contributed by atoms with van der Waals surface area (Å²) in [4.78, 5) is 87.4. The molecule has 0 spiro atoms. The second kappa shape index (κ2) is 18.6. The highest BCUT2D eigenvalue weighted by Crippen LogP contribution is 2.37. The van der Waals surface area contributed by atoms with Gasteiger partial charge in [-0.15, -0.1) is 0 Å². The van der Waals surface area contributed by atoms with E-state index in [2.05, 4.69) is 25.9 Å². The van der Waals surface area contributed by atoms with E-state index in [1.165, 1.54) is 30.5 Å². The van der Waals surface area contributed by atoms with Crippen LogP contribution in [0.15, 0.2) is 77.9 Å². The number of fused-ring (bicyclic) bond motifs is 3. The van der Waals surface area contributed by atoms with Crippen molar-refractivity contribution >= 4 is 62.7 Å². The number of carbonyl (C=O) groups is 5. The molecule has 5 amide bonds. The average molecular weight is 884 g/mol. The first-order valence-corrected chi connectivity index (χ1v) is 21.3. The van der Waals surface area contributed by atoms with Crippen LogP contribution in [0.5, 0.6) is 23.1 Å². The van der Waals surface area contributed by atoms with Crippen LogP contribution in [0.4, 0.5) is 15.8 Å². The van der Waals surface area contributed by atoms with Crippen LogP contribution in [0.3, 0.4) is 0 Å². The number of aryl methyl sites for hydroxylation is 2. The lowest BCUT2D eigenvalue weighted by atomic mass is 10.0. The maximum atomic E-state index is 15.6. The summed E-state index contributed by atoms with van der Waals surface area (Å²) in [5.41, 5.74) is 3.71. The summed E-state index contributed by atoms with van der Waals surface area (Å²) < 4.78 is 34.9. The number of unbranched alkanes of at least 4 members (excludes halogenated alkanes) is 2. The SMILES string of the molecule is CCc1ccc2c(c1)c(=O)c(C(=O)Nc1ccc(Oc3ncnc4cc(OCCCCCC(=O)Nc5cccc6c5C(=O)N(C5CCC(=O)NC5=O)C6)c(OC)cc34)c(F)c1)c(C)n2C. The summed E-state index contributed by atoms with van der Waals surface area (Å²) in [6.07, 6.45) is 4.44. The van der Waals surface area contributed by atoms with Crippen LogP contribution in [-0.4, -0.2) is 68.7 Å². The van der Waals surface area contributed by atoms with Crippen molar-refractivity contribution in [3.8, 4) is 23.1 Å². The highest BCUT2D eigenvalue weighted by molar-refractivity contribution is 6.10. The van der Waals surface area contributed by atoms with Crippen molar-refractivity contribution in [2.75, 3.05) is 24.4 Å². The first kappa shape index (κ1) is 43.9. The number of methoxy groups -OCH3 is 1. The number of aromatic nitrogens is 3. The molecule has 1 fully saturated rings. The normalized spacial score (nSPS) is 14.6. The van der Waals surface area contributed by atoms with Crippen molar-refractivity contribution in [1.82, 2.24) is 24.8 Å². The molecule has 0 saturated carbocycles. The lowest BCUT2D eigenvalue weighted by Gasteiger charge is -2.29. The van der Waals surface area contributed by atoms with Gasteiger partial charge in [0.1, 0.15) is 17.9 Å². The van der Waals surface area contributed by atoms with E-state index in [1.807, 2.05) is 19.1 Å². The Kier molecular flexibility index (Phi) is 12.6. The molecule has 1 atom stereocenters. The molecule has 16 nitrogen and oxygen atoms in total. The second-order valence-corrected chi connectivity index (χ2v) is 15.9. The lowest BCUT2D eigenvalue weighted by Crippen LogP contribution is -2.52. The highest BCUT2D eigenvalue weighted by atomic mass is 19.1. The number of nitrogens with zero attached hydrogens (tertiary/aromatic N) is 4. The molecule has 1 unspecified atom stereocenters. The molecule has 1 saturated heterocycles. The maximum absolute atomic E-state index is 15.6. The Hall–Kier alpha value is -7.69. The number of ether oxygens (including phenoxy) is 3. The van der Waals surface area contributed by atoms with Crippen LogP contribution in [-0.2, 0) is 34.4 Å². The average Bonchev–Trinajstić information content (AvgIpc) is 3.63. The fourth-order valence-electron chi connectivity index (χ4n) is 8.22. The van der Waals surface area contributed by atoms with Gasteiger partial charge in [0, 0.05) is 55.3 Å². The molecule has 0 aliphatic carbocycles. The number of halogens is 1. The Labute approximate surface area is 372 Å². The molecule has 8 rings (SSSR count). The van der Waals surface area contributed by atoms with Crippen LogP contribution >= 0.6 is 0 Å². The lowest BCUT2D eigenvalue weighted by molar-refractivity contribution is -0.137. The molecule has 3 N–H and O–H groups in total. The van der Waals surface area contributed by atoms with E-state index < -0.39 is 29.1 Å². The molecule has 2 aliphatic heterocycles. The van der Waals surface area contributed by atoms with Crippen molar-refractivity contribution in [2.45, 2.75) is 71.4 Å². The van der Waals surface area contributed by atoms with Crippen molar-refractivity contribution in [3.05, 3.63) is 117 Å². The first-order chi connectivity index (χ1) is 31.3. The van der Waals surface area contributed by atoms with E-state index in [-0.39, 0.29) is 66.4 Å². The number of carbonyl (C=O) groups excluding carboxylic acids is 5. The van der Waals surface area contributed by atoms with Gasteiger partial charge < -0.3 is 34.3 Å². The van der Waals surface area contributed by atoms with Gasteiger partial charge in [-0.3, -0.25) is 34.1 Å². The van der Waals surface area contributed by atoms with Gasteiger partial charge in [0.2, 0.25) is 29.0 Å². The van der Waals surface area contributed by atoms with Gasteiger partial charge in [0.15, 0.2) is 23.1 Å². The molecule has 17 heteroatoms. The molecular formula is C48H46FN7O9. The third-order valence-corrected chi connectivity index (χ3v) is 11.8. The fourth-order valence-corrected chi connectivity index (χ4v) is 8.22. The maximum Gasteiger partial charge on any atom is 0.261 e. The van der Waals surface area contributed by atoms with Crippen LogP contribution in [0, 0.1) is 12.7 Å². The minimum Gasteiger partial charge on any atom is -0.493 e. The van der Waals surface area contributed by atoms with Crippen LogP contribution in [0.25, 0.3) is 21.8 Å². The van der Waals surface area contributed by atoms with Gasteiger partial charge in [0.05, 0.1) is 41.4 Å². The van der Waals surface area contributed by atoms with Crippen LogP contribution in [0.1, 0.15) is 83.0 Å². The van der Waals surface area contributed by atoms with Crippen molar-refractivity contribution < 1.29 is 42.6 Å². The van der Waals surface area contributed by atoms with Gasteiger partial charge in [-0.25, -0.2) is 14.4 Å². The Morgan fingerprint density at radius 3 is 2.52 bits per heavy atom. The predicted molar refractivity (Wildman–Crippen MR) is 239 cm³/mol. The highest BCUT2D eigenvalue weighted by Gasteiger charge is 2.40. The number of benzene rings is 4. The van der Waals surface area contributed by atoms with Gasteiger partial charge in [-0.05, 0) is 86.6 Å². The number of nitrogens with one attached hydrogen (secondary N) is 3. The number of hydrogen-bond donors (Lipinski definition) is 3. The van der Waals surface area contributed by atoms with Gasteiger partial charge >= 0.3 is 0 Å². The molecular weight excluding hydrogens is 838 g/mol. The van der Waals surface area contributed by atoms with Crippen molar-refractivity contribution in [1.29, 1.82) is 0 Å². The summed E-state index contributed by atoms with van der Waals surface area (Å²) >= 11 is 0.